The van der Waals surface area contributed by atoms with Crippen LogP contribution in [0.2, 0.25) is 0 Å². The summed E-state index contributed by atoms with van der Waals surface area (Å²) < 4.78 is 5.20. The number of azide groups is 1. The Kier molecular flexibility index (Phi) is 4.76. The predicted molar refractivity (Wildman–Crippen MR) is 75.2 cm³/mol. The highest BCUT2D eigenvalue weighted by Gasteiger charge is 2.19. The van der Waals surface area contributed by atoms with Crippen molar-refractivity contribution in [3.05, 3.63) is 76.7 Å². The molecule has 0 radical (unpaired) electrons. The fourth-order valence-electron chi connectivity index (χ4n) is 1.74. The number of carbonyl (C=O) groups is 1. The Morgan fingerprint density at radius 1 is 1.10 bits per heavy atom. The van der Waals surface area contributed by atoms with Crippen LogP contribution in [0.3, 0.4) is 0 Å². The van der Waals surface area contributed by atoms with Gasteiger partial charge < -0.3 is 4.74 Å². The maximum Gasteiger partial charge on any atom is 0.320 e. The molecule has 0 aromatic heterocycles. The molecule has 0 aliphatic heterocycles. The number of para-hydroxylation sites is 1. The fraction of sp³-hybridized carbons (Fsp3) is 0.133. The molecule has 2 aromatic carbocycles. The molecule has 1 atom stereocenters. The number of hydrogen-bond acceptors (Lipinski definition) is 3. The van der Waals surface area contributed by atoms with Crippen molar-refractivity contribution in [2.75, 3.05) is 0 Å². The van der Waals surface area contributed by atoms with Gasteiger partial charge in [-0.25, -0.2) is 0 Å². The van der Waals surface area contributed by atoms with Crippen molar-refractivity contribution in [3.8, 4) is 5.75 Å². The minimum absolute atomic E-state index is 0.316. The van der Waals surface area contributed by atoms with Gasteiger partial charge >= 0.3 is 5.97 Å². The molecule has 0 saturated carbocycles. The van der Waals surface area contributed by atoms with E-state index in [0.717, 1.165) is 5.56 Å². The summed E-state index contributed by atoms with van der Waals surface area (Å²) in [6.45, 7) is 0. The summed E-state index contributed by atoms with van der Waals surface area (Å²) in [6, 6.07) is 17.2. The fourth-order valence-corrected chi connectivity index (χ4v) is 1.74. The SMILES string of the molecule is [N-]=[N+]=N[C@@H](Cc1ccccc1)C(=O)Oc1ccccc1. The highest BCUT2D eigenvalue weighted by molar-refractivity contribution is 5.78. The third-order valence-corrected chi connectivity index (χ3v) is 2.70. The molecule has 0 aliphatic carbocycles. The van der Waals surface area contributed by atoms with E-state index < -0.39 is 12.0 Å². The van der Waals surface area contributed by atoms with Crippen molar-refractivity contribution < 1.29 is 9.53 Å². The number of hydrogen-bond donors (Lipinski definition) is 0. The van der Waals surface area contributed by atoms with E-state index in [1.165, 1.54) is 0 Å². The van der Waals surface area contributed by atoms with E-state index >= 15 is 0 Å². The summed E-state index contributed by atoms with van der Waals surface area (Å²) in [6.07, 6.45) is 0.316. The predicted octanol–water partition coefficient (Wildman–Crippen LogP) is 3.51. The van der Waals surface area contributed by atoms with Crippen molar-refractivity contribution in [1.82, 2.24) is 0 Å². The van der Waals surface area contributed by atoms with Crippen LogP contribution in [0.4, 0.5) is 0 Å². The molecule has 0 unspecified atom stereocenters. The molecule has 0 saturated heterocycles. The average Bonchev–Trinajstić information content (AvgIpc) is 2.49. The third-order valence-electron chi connectivity index (χ3n) is 2.70. The van der Waals surface area contributed by atoms with Crippen LogP contribution in [0.25, 0.3) is 10.4 Å². The molecule has 0 spiro atoms. The Morgan fingerprint density at radius 2 is 1.70 bits per heavy atom. The van der Waals surface area contributed by atoms with E-state index in [9.17, 15) is 4.79 Å². The van der Waals surface area contributed by atoms with Gasteiger partial charge in [-0.1, -0.05) is 53.6 Å². The first-order valence-corrected chi connectivity index (χ1v) is 6.14. The van der Waals surface area contributed by atoms with E-state index in [1.807, 2.05) is 36.4 Å². The van der Waals surface area contributed by atoms with Gasteiger partial charge in [-0.3, -0.25) is 4.79 Å². The molecular formula is C15H13N3O2. The van der Waals surface area contributed by atoms with Crippen molar-refractivity contribution in [1.29, 1.82) is 0 Å². The molecule has 0 aliphatic rings. The van der Waals surface area contributed by atoms with E-state index in [2.05, 4.69) is 10.0 Å². The van der Waals surface area contributed by atoms with Crippen LogP contribution in [-0.2, 0) is 11.2 Å². The summed E-state index contributed by atoms with van der Waals surface area (Å²) in [5.74, 6) is -0.124. The van der Waals surface area contributed by atoms with Gasteiger partial charge in [-0.05, 0) is 29.6 Å². The monoisotopic (exact) mass is 267 g/mol. The lowest BCUT2D eigenvalue weighted by Crippen LogP contribution is -2.25. The van der Waals surface area contributed by atoms with Crippen LogP contribution in [0, 0.1) is 0 Å². The molecular weight excluding hydrogens is 254 g/mol. The average molecular weight is 267 g/mol. The van der Waals surface area contributed by atoms with Gasteiger partial charge in [-0.15, -0.1) is 0 Å². The van der Waals surface area contributed by atoms with Crippen molar-refractivity contribution in [3.63, 3.8) is 0 Å². The highest BCUT2D eigenvalue weighted by Crippen LogP contribution is 2.13. The second kappa shape index (κ2) is 6.97. The van der Waals surface area contributed by atoms with Crippen molar-refractivity contribution in [2.45, 2.75) is 12.5 Å². The van der Waals surface area contributed by atoms with Crippen molar-refractivity contribution >= 4 is 5.97 Å². The quantitative estimate of drug-likeness (QED) is 0.273. The Hall–Kier alpha value is -2.78. The first-order valence-electron chi connectivity index (χ1n) is 6.14. The molecule has 100 valence electrons. The Bertz CT molecular complexity index is 608. The number of esters is 1. The van der Waals surface area contributed by atoms with Gasteiger partial charge in [0.2, 0.25) is 0 Å². The zero-order chi connectivity index (χ0) is 14.2. The Morgan fingerprint density at radius 3 is 2.30 bits per heavy atom. The second-order valence-corrected chi connectivity index (χ2v) is 4.14. The zero-order valence-corrected chi connectivity index (χ0v) is 10.7. The van der Waals surface area contributed by atoms with Crippen molar-refractivity contribution in [2.24, 2.45) is 5.11 Å². The second-order valence-electron chi connectivity index (χ2n) is 4.14. The molecule has 5 heteroatoms. The Labute approximate surface area is 116 Å². The van der Waals surface area contributed by atoms with Crippen LogP contribution in [0.5, 0.6) is 5.75 Å². The lowest BCUT2D eigenvalue weighted by atomic mass is 10.1. The van der Waals surface area contributed by atoms with Crippen LogP contribution in [0.1, 0.15) is 5.56 Å². The first-order chi connectivity index (χ1) is 9.79. The topological polar surface area (TPSA) is 75.1 Å². The molecule has 2 aromatic rings. The minimum atomic E-state index is -0.873. The molecule has 20 heavy (non-hydrogen) atoms. The summed E-state index contributed by atoms with van der Waals surface area (Å²) in [7, 11) is 0. The molecule has 0 N–H and O–H groups in total. The van der Waals surface area contributed by atoms with Crippen LogP contribution in [0.15, 0.2) is 65.8 Å². The molecule has 0 amide bonds. The van der Waals surface area contributed by atoms with Gasteiger partial charge in [0.1, 0.15) is 11.8 Å². The standard InChI is InChI=1S/C15H13N3O2/c16-18-17-14(11-12-7-3-1-4-8-12)15(19)20-13-9-5-2-6-10-13/h1-10,14H,11H2/t14-/m0/s1. The molecule has 0 bridgehead atoms. The molecule has 5 nitrogen and oxygen atoms in total. The molecule has 2 rings (SSSR count). The number of benzene rings is 2. The smallest absolute Gasteiger partial charge is 0.320 e. The lowest BCUT2D eigenvalue weighted by Gasteiger charge is -2.10. The van der Waals surface area contributed by atoms with E-state index in [-0.39, 0.29) is 0 Å². The van der Waals surface area contributed by atoms with Gasteiger partial charge in [0.15, 0.2) is 0 Å². The number of ether oxygens (including phenoxy) is 1. The summed E-state index contributed by atoms with van der Waals surface area (Å²) in [5.41, 5.74) is 9.49. The van der Waals surface area contributed by atoms with E-state index in [0.29, 0.717) is 12.2 Å². The largest absolute Gasteiger partial charge is 0.426 e. The summed E-state index contributed by atoms with van der Waals surface area (Å²) in [4.78, 5) is 14.7. The van der Waals surface area contributed by atoms with Gasteiger partial charge in [0.05, 0.1) is 0 Å². The van der Waals surface area contributed by atoms with Gasteiger partial charge in [-0.2, -0.15) is 0 Å². The summed E-state index contributed by atoms with van der Waals surface area (Å²) >= 11 is 0. The van der Waals surface area contributed by atoms with Crippen LogP contribution < -0.4 is 4.74 Å². The maximum atomic E-state index is 12.0. The Balaban J connectivity index is 2.08. The number of rotatable bonds is 5. The highest BCUT2D eigenvalue weighted by atomic mass is 16.5. The van der Waals surface area contributed by atoms with Gasteiger partial charge in [0.25, 0.3) is 0 Å². The van der Waals surface area contributed by atoms with E-state index in [4.69, 9.17) is 10.3 Å². The minimum Gasteiger partial charge on any atom is -0.426 e. The third kappa shape index (κ3) is 3.86. The number of carbonyl (C=O) groups excluding carboxylic acids is 1. The van der Waals surface area contributed by atoms with Crippen LogP contribution >= 0.6 is 0 Å². The first kappa shape index (κ1) is 13.6. The lowest BCUT2D eigenvalue weighted by molar-refractivity contribution is -0.135. The van der Waals surface area contributed by atoms with Gasteiger partial charge in [0, 0.05) is 4.91 Å². The van der Waals surface area contributed by atoms with E-state index in [1.54, 1.807) is 24.3 Å². The molecule has 0 heterocycles. The maximum absolute atomic E-state index is 12.0. The normalized spacial score (nSPS) is 11.2. The summed E-state index contributed by atoms with van der Waals surface area (Å²) in [5, 5.41) is 3.52. The zero-order valence-electron chi connectivity index (χ0n) is 10.7. The number of nitrogens with zero attached hydrogens (tertiary/aromatic N) is 3. The van der Waals surface area contributed by atoms with Crippen LogP contribution in [-0.4, -0.2) is 12.0 Å². The molecule has 0 fully saturated rings.